The minimum absolute atomic E-state index is 0.156. The molecule has 0 amide bonds. The molecule has 2 rings (SSSR count). The largest absolute Gasteiger partial charge is 0.368 e. The molecule has 0 aliphatic carbocycles. The highest BCUT2D eigenvalue weighted by Crippen LogP contribution is 2.24. The van der Waals surface area contributed by atoms with Gasteiger partial charge in [0.2, 0.25) is 0 Å². The quantitative estimate of drug-likeness (QED) is 0.913. The zero-order chi connectivity index (χ0) is 14.7. The van der Waals surface area contributed by atoms with Crippen molar-refractivity contribution in [1.82, 2.24) is 10.2 Å². The van der Waals surface area contributed by atoms with E-state index < -0.39 is 0 Å². The average molecular weight is 279 g/mol. The van der Waals surface area contributed by atoms with Crippen LogP contribution < -0.4 is 10.2 Å². The molecule has 0 spiro atoms. The van der Waals surface area contributed by atoms with E-state index in [0.29, 0.717) is 18.6 Å². The molecule has 1 heterocycles. The lowest BCUT2D eigenvalue weighted by Crippen LogP contribution is -2.50. The maximum atomic E-state index is 13.5. The molecule has 0 radical (unpaired) electrons. The van der Waals surface area contributed by atoms with Crippen molar-refractivity contribution in [3.63, 3.8) is 0 Å². The molecule has 1 fully saturated rings. The summed E-state index contributed by atoms with van der Waals surface area (Å²) in [4.78, 5) is 4.74. The molecule has 1 aromatic carbocycles. The molecule has 1 aliphatic rings. The van der Waals surface area contributed by atoms with Crippen LogP contribution in [0.15, 0.2) is 18.2 Å². The fourth-order valence-corrected chi connectivity index (χ4v) is 2.59. The lowest BCUT2D eigenvalue weighted by atomic mass is 10.1. The van der Waals surface area contributed by atoms with E-state index in [-0.39, 0.29) is 5.82 Å². The summed E-state index contributed by atoms with van der Waals surface area (Å²) in [6, 6.07) is 6.08. The molecule has 1 unspecified atom stereocenters. The number of nitrogens with zero attached hydrogens (tertiary/aromatic N) is 2. The maximum absolute atomic E-state index is 13.5. The van der Waals surface area contributed by atoms with Gasteiger partial charge in [0.15, 0.2) is 0 Å². The zero-order valence-electron chi connectivity index (χ0n) is 13.0. The molecule has 20 heavy (non-hydrogen) atoms. The van der Waals surface area contributed by atoms with E-state index in [9.17, 15) is 4.39 Å². The van der Waals surface area contributed by atoms with Crippen molar-refractivity contribution >= 4 is 5.69 Å². The highest BCUT2D eigenvalue weighted by atomic mass is 19.1. The Hall–Kier alpha value is -1.13. The number of likely N-dealkylation sites (N-methyl/N-ethyl adjacent to an activating group) is 1. The minimum atomic E-state index is -0.156. The summed E-state index contributed by atoms with van der Waals surface area (Å²) in [5.41, 5.74) is 2.22. The Labute approximate surface area is 121 Å². The van der Waals surface area contributed by atoms with Gasteiger partial charge in [-0.25, -0.2) is 4.39 Å². The lowest BCUT2D eigenvalue weighted by molar-refractivity contribution is 0.234. The van der Waals surface area contributed by atoms with Crippen molar-refractivity contribution in [3.8, 4) is 0 Å². The summed E-state index contributed by atoms with van der Waals surface area (Å²) < 4.78 is 13.5. The Morgan fingerprint density at radius 2 is 2.10 bits per heavy atom. The smallest absolute Gasteiger partial charge is 0.123 e. The molecule has 1 aliphatic heterocycles. The number of rotatable bonds is 4. The van der Waals surface area contributed by atoms with Gasteiger partial charge in [-0.2, -0.15) is 0 Å². The van der Waals surface area contributed by atoms with Crippen LogP contribution in [0, 0.1) is 5.82 Å². The van der Waals surface area contributed by atoms with E-state index in [0.717, 1.165) is 25.2 Å². The fourth-order valence-electron chi connectivity index (χ4n) is 2.59. The van der Waals surface area contributed by atoms with Crippen molar-refractivity contribution in [2.24, 2.45) is 0 Å². The second-order valence-electron chi connectivity index (χ2n) is 6.08. The van der Waals surface area contributed by atoms with Crippen molar-refractivity contribution in [2.75, 3.05) is 31.6 Å². The summed E-state index contributed by atoms with van der Waals surface area (Å²) in [5.74, 6) is -0.156. The number of hydrogen-bond donors (Lipinski definition) is 1. The number of hydrogen-bond acceptors (Lipinski definition) is 3. The van der Waals surface area contributed by atoms with Gasteiger partial charge in [0.05, 0.1) is 0 Å². The zero-order valence-corrected chi connectivity index (χ0v) is 13.0. The number of piperazine rings is 1. The van der Waals surface area contributed by atoms with Crippen LogP contribution in [0.4, 0.5) is 10.1 Å². The Morgan fingerprint density at radius 1 is 1.35 bits per heavy atom. The van der Waals surface area contributed by atoms with Crippen LogP contribution in [0.5, 0.6) is 0 Å². The number of halogens is 1. The van der Waals surface area contributed by atoms with Gasteiger partial charge in [0.1, 0.15) is 5.82 Å². The first-order chi connectivity index (χ1) is 9.47. The topological polar surface area (TPSA) is 18.5 Å². The van der Waals surface area contributed by atoms with Gasteiger partial charge < -0.3 is 15.1 Å². The molecular weight excluding hydrogens is 253 g/mol. The van der Waals surface area contributed by atoms with Gasteiger partial charge in [0, 0.05) is 44.0 Å². The van der Waals surface area contributed by atoms with Crippen molar-refractivity contribution in [1.29, 1.82) is 0 Å². The lowest BCUT2D eigenvalue weighted by Gasteiger charge is -2.39. The van der Waals surface area contributed by atoms with E-state index in [1.807, 2.05) is 6.07 Å². The first-order valence-electron chi connectivity index (χ1n) is 7.44. The van der Waals surface area contributed by atoms with Crippen LogP contribution in [0.1, 0.15) is 26.3 Å². The predicted molar refractivity (Wildman–Crippen MR) is 82.7 cm³/mol. The standard InChI is InChI=1S/C16H26FN3/c1-12(2)18-10-14-9-15(17)5-6-16(14)20-8-7-19(4)13(3)11-20/h5-6,9,12-13,18H,7-8,10-11H2,1-4H3. The van der Waals surface area contributed by atoms with Crippen molar-refractivity contribution < 1.29 is 4.39 Å². The normalized spacial score (nSPS) is 20.7. The van der Waals surface area contributed by atoms with Crippen LogP contribution in [-0.4, -0.2) is 43.7 Å². The van der Waals surface area contributed by atoms with Gasteiger partial charge in [-0.1, -0.05) is 13.8 Å². The first kappa shape index (κ1) is 15.3. The van der Waals surface area contributed by atoms with E-state index in [1.54, 1.807) is 12.1 Å². The second-order valence-corrected chi connectivity index (χ2v) is 6.08. The van der Waals surface area contributed by atoms with Crippen LogP contribution in [0.3, 0.4) is 0 Å². The summed E-state index contributed by atoms with van der Waals surface area (Å²) in [6.45, 7) is 10.2. The highest BCUT2D eigenvalue weighted by Gasteiger charge is 2.22. The predicted octanol–water partition coefficient (Wildman–Crippen LogP) is 2.46. The second kappa shape index (κ2) is 6.55. The van der Waals surface area contributed by atoms with Gasteiger partial charge in [-0.15, -0.1) is 0 Å². The third kappa shape index (κ3) is 3.70. The van der Waals surface area contributed by atoms with Crippen molar-refractivity contribution in [3.05, 3.63) is 29.6 Å². The average Bonchev–Trinajstić information content (AvgIpc) is 2.40. The van der Waals surface area contributed by atoms with E-state index >= 15 is 0 Å². The van der Waals surface area contributed by atoms with Crippen LogP contribution >= 0.6 is 0 Å². The molecule has 4 heteroatoms. The molecule has 112 valence electrons. The van der Waals surface area contributed by atoms with Crippen molar-refractivity contribution in [2.45, 2.75) is 39.4 Å². The third-order valence-electron chi connectivity index (χ3n) is 4.04. The maximum Gasteiger partial charge on any atom is 0.123 e. The SMILES string of the molecule is CC(C)NCc1cc(F)ccc1N1CCN(C)C(C)C1. The van der Waals surface area contributed by atoms with Gasteiger partial charge >= 0.3 is 0 Å². The summed E-state index contributed by atoms with van der Waals surface area (Å²) >= 11 is 0. The Morgan fingerprint density at radius 3 is 2.75 bits per heavy atom. The van der Waals surface area contributed by atoms with Gasteiger partial charge in [0.25, 0.3) is 0 Å². The molecular formula is C16H26FN3. The molecule has 1 aromatic rings. The molecule has 0 saturated carbocycles. The minimum Gasteiger partial charge on any atom is -0.368 e. The molecule has 1 saturated heterocycles. The van der Waals surface area contributed by atoms with E-state index in [4.69, 9.17) is 0 Å². The molecule has 1 N–H and O–H groups in total. The first-order valence-corrected chi connectivity index (χ1v) is 7.44. The molecule has 0 aromatic heterocycles. The molecule has 0 bridgehead atoms. The van der Waals surface area contributed by atoms with Crippen LogP contribution in [0.25, 0.3) is 0 Å². The van der Waals surface area contributed by atoms with E-state index in [2.05, 4.69) is 42.9 Å². The summed E-state index contributed by atoms with van der Waals surface area (Å²) in [6.07, 6.45) is 0. The highest BCUT2D eigenvalue weighted by molar-refractivity contribution is 5.54. The van der Waals surface area contributed by atoms with Crippen LogP contribution in [0.2, 0.25) is 0 Å². The third-order valence-corrected chi connectivity index (χ3v) is 4.04. The molecule has 3 nitrogen and oxygen atoms in total. The molecule has 1 atom stereocenters. The Balaban J connectivity index is 2.17. The number of anilines is 1. The Kier molecular flexibility index (Phi) is 5.00. The number of benzene rings is 1. The number of nitrogens with one attached hydrogen (secondary N) is 1. The summed E-state index contributed by atoms with van der Waals surface area (Å²) in [5, 5.41) is 3.38. The Bertz CT molecular complexity index is 447. The fraction of sp³-hybridized carbons (Fsp3) is 0.625. The van der Waals surface area contributed by atoms with Gasteiger partial charge in [-0.3, -0.25) is 0 Å². The monoisotopic (exact) mass is 279 g/mol. The van der Waals surface area contributed by atoms with Crippen LogP contribution in [-0.2, 0) is 6.54 Å². The summed E-state index contributed by atoms with van der Waals surface area (Å²) in [7, 11) is 2.16. The van der Waals surface area contributed by atoms with Gasteiger partial charge in [-0.05, 0) is 37.7 Å². The van der Waals surface area contributed by atoms with E-state index in [1.165, 1.54) is 5.69 Å².